The first-order chi connectivity index (χ1) is 9.63. The van der Waals surface area contributed by atoms with Crippen molar-refractivity contribution in [3.63, 3.8) is 0 Å². The molecule has 0 saturated carbocycles. The van der Waals surface area contributed by atoms with Crippen LogP contribution in [0.5, 0.6) is 0 Å². The zero-order chi connectivity index (χ0) is 14.2. The summed E-state index contributed by atoms with van der Waals surface area (Å²) in [6, 6.07) is -0.0764. The molecule has 2 N–H and O–H groups in total. The summed E-state index contributed by atoms with van der Waals surface area (Å²) >= 11 is 0. The van der Waals surface area contributed by atoms with E-state index >= 15 is 0 Å². The van der Waals surface area contributed by atoms with Crippen molar-refractivity contribution in [1.29, 1.82) is 0 Å². The number of hydrogen-bond acceptors (Lipinski definition) is 4. The number of nitrogens with two attached hydrogens (primary N) is 1. The predicted octanol–water partition coefficient (Wildman–Crippen LogP) is 1.14. The van der Waals surface area contributed by atoms with E-state index < -0.39 is 10.0 Å². The Morgan fingerprint density at radius 3 is 2.71 bits per heavy atom. The van der Waals surface area contributed by atoms with E-state index in [0.717, 1.165) is 50.9 Å². The van der Waals surface area contributed by atoms with Gasteiger partial charge in [-0.2, -0.15) is 4.31 Å². The number of halogens is 1. The molecule has 0 bridgehead atoms. The minimum Gasteiger partial charge on any atom is -0.333 e. The Balaban J connectivity index is 0.00000161. The summed E-state index contributed by atoms with van der Waals surface area (Å²) in [5, 5.41) is 0.203. The van der Waals surface area contributed by atoms with Crippen LogP contribution in [-0.2, 0) is 23.0 Å². The second kappa shape index (κ2) is 6.64. The zero-order valence-electron chi connectivity index (χ0n) is 12.1. The lowest BCUT2D eigenvalue weighted by Crippen LogP contribution is -2.47. The normalized spacial score (nSPS) is 23.4. The molecule has 6 nitrogen and oxygen atoms in total. The molecule has 1 unspecified atom stereocenters. The van der Waals surface area contributed by atoms with E-state index in [-0.39, 0.29) is 23.5 Å². The molecule has 1 saturated heterocycles. The van der Waals surface area contributed by atoms with E-state index in [1.54, 1.807) is 10.5 Å². The molecule has 0 aromatic carbocycles. The summed E-state index contributed by atoms with van der Waals surface area (Å²) in [5.41, 5.74) is 5.73. The third-order valence-electron chi connectivity index (χ3n) is 4.30. The second-order valence-electron chi connectivity index (χ2n) is 5.65. The van der Waals surface area contributed by atoms with Gasteiger partial charge in [0.15, 0.2) is 5.03 Å². The molecule has 0 amide bonds. The third kappa shape index (κ3) is 3.11. The van der Waals surface area contributed by atoms with Crippen molar-refractivity contribution in [2.75, 3.05) is 13.1 Å². The van der Waals surface area contributed by atoms with Crippen LogP contribution in [0.1, 0.15) is 37.9 Å². The van der Waals surface area contributed by atoms with Crippen LogP contribution in [-0.4, -0.2) is 41.4 Å². The van der Waals surface area contributed by atoms with Crippen LogP contribution in [0.15, 0.2) is 11.2 Å². The number of imidazole rings is 1. The summed E-state index contributed by atoms with van der Waals surface area (Å²) < 4.78 is 29.1. The Bertz CT molecular complexity index is 563. The van der Waals surface area contributed by atoms with Gasteiger partial charge in [-0.1, -0.05) is 6.42 Å². The fourth-order valence-electron chi connectivity index (χ4n) is 3.16. The molecule has 21 heavy (non-hydrogen) atoms. The van der Waals surface area contributed by atoms with E-state index in [9.17, 15) is 8.42 Å². The molecule has 0 aliphatic carbocycles. The monoisotopic (exact) mass is 334 g/mol. The summed E-state index contributed by atoms with van der Waals surface area (Å²) in [7, 11) is -3.50. The molecule has 3 rings (SSSR count). The molecule has 2 aliphatic rings. The molecule has 1 aromatic rings. The smallest absolute Gasteiger partial charge is 0.262 e. The first-order valence-corrected chi connectivity index (χ1v) is 8.85. The number of aryl methyl sites for hydroxylation is 2. The summed E-state index contributed by atoms with van der Waals surface area (Å²) in [6.07, 6.45) is 7.56. The van der Waals surface area contributed by atoms with Crippen molar-refractivity contribution < 1.29 is 8.42 Å². The quantitative estimate of drug-likeness (QED) is 0.898. The highest BCUT2D eigenvalue weighted by Crippen LogP contribution is 2.25. The van der Waals surface area contributed by atoms with Crippen LogP contribution < -0.4 is 5.73 Å². The van der Waals surface area contributed by atoms with Crippen LogP contribution >= 0.6 is 12.4 Å². The highest BCUT2D eigenvalue weighted by molar-refractivity contribution is 7.89. The Morgan fingerprint density at radius 2 is 2.00 bits per heavy atom. The van der Waals surface area contributed by atoms with Gasteiger partial charge in [-0.05, 0) is 25.7 Å². The van der Waals surface area contributed by atoms with Crippen LogP contribution in [0.2, 0.25) is 0 Å². The maximum Gasteiger partial charge on any atom is 0.262 e. The molecule has 1 aromatic heterocycles. The van der Waals surface area contributed by atoms with Gasteiger partial charge in [-0.3, -0.25) is 0 Å². The lowest BCUT2D eigenvalue weighted by atomic mass is 10.1. The maximum absolute atomic E-state index is 12.8. The van der Waals surface area contributed by atoms with Crippen LogP contribution in [0, 0.1) is 0 Å². The fourth-order valence-corrected chi connectivity index (χ4v) is 4.83. The van der Waals surface area contributed by atoms with Gasteiger partial charge in [0.05, 0.1) is 0 Å². The fraction of sp³-hybridized carbons (Fsp3) is 0.769. The molecule has 120 valence electrons. The van der Waals surface area contributed by atoms with E-state index in [1.165, 1.54) is 0 Å². The molecule has 8 heteroatoms. The topological polar surface area (TPSA) is 81.2 Å². The minimum absolute atomic E-state index is 0. The van der Waals surface area contributed by atoms with Crippen molar-refractivity contribution in [1.82, 2.24) is 13.9 Å². The molecule has 3 heterocycles. The lowest BCUT2D eigenvalue weighted by Gasteiger charge is -2.33. The molecule has 0 spiro atoms. The molecular weight excluding hydrogens is 312 g/mol. The van der Waals surface area contributed by atoms with E-state index in [0.29, 0.717) is 13.1 Å². The van der Waals surface area contributed by atoms with Crippen molar-refractivity contribution in [2.24, 2.45) is 5.73 Å². The SMILES string of the molecule is Cl.NCC1CCCCN1S(=O)(=O)c1cn2c(n1)CCCC2. The van der Waals surface area contributed by atoms with Gasteiger partial charge in [-0.25, -0.2) is 13.4 Å². The number of aromatic nitrogens is 2. The summed E-state index contributed by atoms with van der Waals surface area (Å²) in [5.74, 6) is 0.899. The Hall–Kier alpha value is -0.630. The molecule has 2 aliphatic heterocycles. The Kier molecular flexibility index (Phi) is 5.29. The van der Waals surface area contributed by atoms with Crippen molar-refractivity contribution >= 4 is 22.4 Å². The van der Waals surface area contributed by atoms with Gasteiger partial charge in [0, 0.05) is 38.3 Å². The van der Waals surface area contributed by atoms with E-state index in [4.69, 9.17) is 5.73 Å². The van der Waals surface area contributed by atoms with Crippen LogP contribution in [0.3, 0.4) is 0 Å². The van der Waals surface area contributed by atoms with Gasteiger partial charge in [0.2, 0.25) is 0 Å². The van der Waals surface area contributed by atoms with Crippen molar-refractivity contribution in [2.45, 2.75) is 56.1 Å². The van der Waals surface area contributed by atoms with Gasteiger partial charge >= 0.3 is 0 Å². The predicted molar refractivity (Wildman–Crippen MR) is 83.0 cm³/mol. The second-order valence-corrected chi connectivity index (χ2v) is 7.48. The highest BCUT2D eigenvalue weighted by atomic mass is 35.5. The average Bonchev–Trinajstić information content (AvgIpc) is 2.92. The van der Waals surface area contributed by atoms with Gasteiger partial charge < -0.3 is 10.3 Å². The Morgan fingerprint density at radius 1 is 1.24 bits per heavy atom. The number of hydrogen-bond donors (Lipinski definition) is 1. The number of piperidine rings is 1. The first kappa shape index (κ1) is 16.7. The highest BCUT2D eigenvalue weighted by Gasteiger charge is 2.34. The number of fused-ring (bicyclic) bond motifs is 1. The maximum atomic E-state index is 12.8. The summed E-state index contributed by atoms with van der Waals surface area (Å²) in [6.45, 7) is 1.82. The number of nitrogens with zero attached hydrogens (tertiary/aromatic N) is 3. The largest absolute Gasteiger partial charge is 0.333 e. The molecule has 1 fully saturated rings. The number of sulfonamides is 1. The summed E-state index contributed by atoms with van der Waals surface area (Å²) in [4.78, 5) is 4.36. The van der Waals surface area contributed by atoms with Crippen LogP contribution in [0.4, 0.5) is 0 Å². The Labute approximate surface area is 132 Å². The molecule has 1 atom stereocenters. The molecular formula is C13H23ClN4O2S. The van der Waals surface area contributed by atoms with E-state index in [1.807, 2.05) is 4.57 Å². The standard InChI is InChI=1S/C13H22N4O2S.ClH/c14-9-11-5-1-4-8-17(11)20(18,19)13-10-16-7-3-2-6-12(16)15-13;/h10-11H,1-9,14H2;1H. The number of rotatable bonds is 3. The van der Waals surface area contributed by atoms with Gasteiger partial charge in [0.25, 0.3) is 10.0 Å². The van der Waals surface area contributed by atoms with Crippen LogP contribution in [0.25, 0.3) is 0 Å². The van der Waals surface area contributed by atoms with Gasteiger partial charge in [0.1, 0.15) is 5.82 Å². The van der Waals surface area contributed by atoms with E-state index in [2.05, 4.69) is 4.98 Å². The minimum atomic E-state index is -3.50. The van der Waals surface area contributed by atoms with Crippen molar-refractivity contribution in [3.05, 3.63) is 12.0 Å². The van der Waals surface area contributed by atoms with Gasteiger partial charge in [-0.15, -0.1) is 12.4 Å². The third-order valence-corrected chi connectivity index (χ3v) is 6.13. The van der Waals surface area contributed by atoms with Crippen molar-refractivity contribution in [3.8, 4) is 0 Å². The first-order valence-electron chi connectivity index (χ1n) is 7.41. The average molecular weight is 335 g/mol. The molecule has 0 radical (unpaired) electrons. The lowest BCUT2D eigenvalue weighted by molar-refractivity contribution is 0.257. The zero-order valence-corrected chi connectivity index (χ0v) is 13.7.